The molecule has 6 N–H and O–H groups in total. The number of nitrogens with zero attached hydrogens (tertiary/aromatic N) is 4. The van der Waals surface area contributed by atoms with Crippen molar-refractivity contribution in [1.29, 1.82) is 0 Å². The number of methoxy groups -OCH3 is 2. The van der Waals surface area contributed by atoms with Gasteiger partial charge in [-0.1, -0.05) is 67.9 Å². The first-order chi connectivity index (χ1) is 24.3. The van der Waals surface area contributed by atoms with E-state index in [-0.39, 0.29) is 77.9 Å². The van der Waals surface area contributed by atoms with Crippen molar-refractivity contribution in [2.24, 2.45) is 0 Å². The van der Waals surface area contributed by atoms with Crippen molar-refractivity contribution >= 4 is 27.4 Å². The second kappa shape index (κ2) is 14.7. The van der Waals surface area contributed by atoms with Gasteiger partial charge in [-0.25, -0.2) is 27.5 Å². The average molecular weight is 720 g/mol. The van der Waals surface area contributed by atoms with Crippen LogP contribution in [0.5, 0.6) is 17.2 Å². The fourth-order valence-corrected chi connectivity index (χ4v) is 6.75. The van der Waals surface area contributed by atoms with Gasteiger partial charge in [-0.2, -0.15) is 0 Å². The topological polar surface area (TPSA) is 207 Å². The molecule has 16 heteroatoms. The van der Waals surface area contributed by atoms with Gasteiger partial charge in [-0.15, -0.1) is 10.5 Å². The number of aromatic hydroxyl groups is 1. The van der Waals surface area contributed by atoms with Gasteiger partial charge in [0, 0.05) is 16.7 Å². The zero-order valence-corrected chi connectivity index (χ0v) is 29.1. The molecule has 0 aliphatic carbocycles. The van der Waals surface area contributed by atoms with Crippen LogP contribution in [0.15, 0.2) is 77.7 Å². The summed E-state index contributed by atoms with van der Waals surface area (Å²) in [6, 6.07) is 16.7. The molecule has 5 aromatic rings. The molecule has 0 unspecified atom stereocenters. The largest absolute Gasteiger partial charge is 0.502 e. The maximum atomic E-state index is 14.6. The van der Waals surface area contributed by atoms with Gasteiger partial charge in [0.25, 0.3) is 10.0 Å². The second-order valence-corrected chi connectivity index (χ2v) is 13.0. The Kier molecular flexibility index (Phi) is 10.5. The first kappa shape index (κ1) is 36.6. The summed E-state index contributed by atoms with van der Waals surface area (Å²) >= 11 is 0. The number of hydrogen-bond donors (Lipinski definition) is 6. The van der Waals surface area contributed by atoms with E-state index in [4.69, 9.17) is 14.5 Å². The third-order valence-electron chi connectivity index (χ3n) is 8.28. The number of carbonyl (C=O) groups is 1. The Morgan fingerprint density at radius 2 is 1.33 bits per heavy atom. The number of phenols is 1. The smallest absolute Gasteiger partial charge is 0.341 e. The highest BCUT2D eigenvalue weighted by Gasteiger charge is 2.33. The predicted octanol–water partition coefficient (Wildman–Crippen LogP) is 6.16. The Balaban J connectivity index is 1.97. The average Bonchev–Trinajstić information content (AvgIpc) is 3.51. The number of carbonyl (C=O) groups excluding carboxylic acids is 1. The van der Waals surface area contributed by atoms with Crippen molar-refractivity contribution < 1.29 is 48.6 Å². The number of nitrogens with one attached hydrogen (secondary N) is 1. The molecule has 15 nitrogen and oxygen atoms in total. The molecule has 0 aliphatic heterocycles. The van der Waals surface area contributed by atoms with Gasteiger partial charge in [0.2, 0.25) is 5.75 Å². The molecule has 1 amide bonds. The lowest BCUT2D eigenvalue weighted by molar-refractivity contribution is 0.0283. The monoisotopic (exact) mass is 719 g/mol. The van der Waals surface area contributed by atoms with Crippen molar-refractivity contribution in [1.82, 2.24) is 14.3 Å². The first-order valence-electron chi connectivity index (χ1n) is 15.6. The molecule has 0 spiro atoms. The van der Waals surface area contributed by atoms with Crippen LogP contribution in [0.2, 0.25) is 0 Å². The van der Waals surface area contributed by atoms with E-state index in [2.05, 4.69) is 4.72 Å². The molecule has 1 heterocycles. The predicted molar refractivity (Wildman–Crippen MR) is 186 cm³/mol. The SMILES string of the molecule is CCc1cccc(-c2nc(-c3cc(OC)c(O)c(OC)c3)n(C(=O)NS(=O)(=O)c3ccc(C)cc3)c2-c2cccc(CC)c2N(O)O)c1N(O)O. The van der Waals surface area contributed by atoms with Gasteiger partial charge in [-0.05, 0) is 55.2 Å². The molecule has 0 aliphatic rings. The van der Waals surface area contributed by atoms with Gasteiger partial charge in [0.05, 0.1) is 30.5 Å². The maximum Gasteiger partial charge on any atom is 0.341 e. The Labute approximate surface area is 293 Å². The second-order valence-electron chi connectivity index (χ2n) is 11.3. The number of sulfonamides is 1. The van der Waals surface area contributed by atoms with E-state index in [1.54, 1.807) is 57.2 Å². The van der Waals surface area contributed by atoms with Crippen LogP contribution in [-0.2, 0) is 22.9 Å². The van der Waals surface area contributed by atoms with Crippen LogP contribution >= 0.6 is 0 Å². The van der Waals surface area contributed by atoms with E-state index in [1.165, 1.54) is 50.6 Å². The molecule has 0 bridgehead atoms. The lowest BCUT2D eigenvalue weighted by Crippen LogP contribution is -2.35. The Hall–Kier alpha value is -5.65. The fraction of sp³-hybridized carbons (Fsp3) is 0.200. The summed E-state index contributed by atoms with van der Waals surface area (Å²) in [6.45, 7) is 5.33. The molecule has 0 radical (unpaired) electrons. The van der Waals surface area contributed by atoms with E-state index < -0.39 is 16.1 Å². The molecule has 51 heavy (non-hydrogen) atoms. The Bertz CT molecular complexity index is 2170. The Morgan fingerprint density at radius 3 is 1.82 bits per heavy atom. The van der Waals surface area contributed by atoms with E-state index in [0.717, 1.165) is 10.1 Å². The van der Waals surface area contributed by atoms with Gasteiger partial charge in [-0.3, -0.25) is 20.8 Å². The molecule has 0 fully saturated rings. The van der Waals surface area contributed by atoms with Crippen LogP contribution in [0, 0.1) is 6.92 Å². The van der Waals surface area contributed by atoms with Gasteiger partial charge in [0.1, 0.15) is 17.2 Å². The number of ether oxygens (including phenoxy) is 2. The minimum atomic E-state index is -4.52. The summed E-state index contributed by atoms with van der Waals surface area (Å²) in [5.74, 6) is -0.743. The first-order valence-corrected chi connectivity index (χ1v) is 17.1. The summed E-state index contributed by atoms with van der Waals surface area (Å²) in [6.07, 6.45) is 0.637. The molecule has 0 saturated carbocycles. The standard InChI is InChI=1S/C35H37N5O10S/c1-6-21-10-8-12-25(30(21)39(43)44)29-32(26-13-9-11-22(7-2)31(26)40(45)46)38(35(42)37-51(47,48)24-16-14-20(3)15-17-24)34(36-29)23-18-27(49-4)33(41)28(19-23)50-5/h8-19,41,43-46H,6-7H2,1-5H3,(H,37,42). The van der Waals surface area contributed by atoms with Crippen molar-refractivity contribution in [3.63, 3.8) is 0 Å². The molecule has 4 aromatic carbocycles. The van der Waals surface area contributed by atoms with Crippen molar-refractivity contribution in [3.05, 3.63) is 89.5 Å². The molecule has 5 rings (SSSR count). The highest BCUT2D eigenvalue weighted by atomic mass is 32.2. The van der Waals surface area contributed by atoms with E-state index in [1.807, 2.05) is 0 Å². The summed E-state index contributed by atoms with van der Waals surface area (Å²) in [4.78, 5) is 19.2. The van der Waals surface area contributed by atoms with Gasteiger partial charge in [0.15, 0.2) is 11.5 Å². The van der Waals surface area contributed by atoms with Crippen LogP contribution in [0.25, 0.3) is 33.9 Å². The van der Waals surface area contributed by atoms with Crippen molar-refractivity contribution in [2.45, 2.75) is 38.5 Å². The number of rotatable bonds is 11. The molecule has 1 aromatic heterocycles. The highest BCUT2D eigenvalue weighted by Crippen LogP contribution is 2.46. The number of aromatic nitrogens is 2. The normalized spacial score (nSPS) is 11.3. The number of imidazole rings is 1. The highest BCUT2D eigenvalue weighted by molar-refractivity contribution is 7.90. The number of anilines is 2. The minimum Gasteiger partial charge on any atom is -0.502 e. The quantitative estimate of drug-likeness (QED) is 0.0847. The van der Waals surface area contributed by atoms with E-state index in [0.29, 0.717) is 24.0 Å². The van der Waals surface area contributed by atoms with Crippen LogP contribution in [0.1, 0.15) is 30.5 Å². The zero-order chi connectivity index (χ0) is 37.2. The number of hydrogen-bond acceptors (Lipinski definition) is 13. The lowest BCUT2D eigenvalue weighted by Gasteiger charge is -2.21. The van der Waals surface area contributed by atoms with Gasteiger partial charge >= 0.3 is 6.03 Å². The lowest BCUT2D eigenvalue weighted by atomic mass is 9.96. The summed E-state index contributed by atoms with van der Waals surface area (Å²) < 4.78 is 41.0. The van der Waals surface area contributed by atoms with E-state index >= 15 is 0 Å². The zero-order valence-electron chi connectivity index (χ0n) is 28.3. The summed E-state index contributed by atoms with van der Waals surface area (Å²) in [7, 11) is -1.93. The van der Waals surface area contributed by atoms with Crippen molar-refractivity contribution in [3.8, 4) is 51.2 Å². The number of para-hydroxylation sites is 2. The molecule has 0 atom stereocenters. The van der Waals surface area contributed by atoms with Gasteiger partial charge < -0.3 is 14.6 Å². The fourth-order valence-electron chi connectivity index (χ4n) is 5.82. The molecule has 0 saturated heterocycles. The number of amides is 1. The third kappa shape index (κ3) is 6.90. The van der Waals surface area contributed by atoms with Crippen molar-refractivity contribution in [2.75, 3.05) is 24.7 Å². The third-order valence-corrected chi connectivity index (χ3v) is 9.62. The number of phenolic OH excluding ortho intramolecular Hbond substituents is 1. The van der Waals surface area contributed by atoms with Crippen LogP contribution in [0.3, 0.4) is 0 Å². The van der Waals surface area contributed by atoms with E-state index in [9.17, 15) is 39.1 Å². The van der Waals surface area contributed by atoms with Crippen LogP contribution < -0.4 is 24.6 Å². The maximum absolute atomic E-state index is 14.6. The minimum absolute atomic E-state index is 0.00368. The number of aryl methyl sites for hydroxylation is 3. The van der Waals surface area contributed by atoms with Crippen LogP contribution in [-0.4, -0.2) is 64.2 Å². The molecular formula is C35H37N5O10S. The molecule has 268 valence electrons. The summed E-state index contributed by atoms with van der Waals surface area (Å²) in [5, 5.41) is 52.6. The number of benzene rings is 4. The summed E-state index contributed by atoms with van der Waals surface area (Å²) in [5.41, 5.74) is 1.32. The van der Waals surface area contributed by atoms with Crippen LogP contribution in [0.4, 0.5) is 16.2 Å². The Morgan fingerprint density at radius 1 is 0.824 bits per heavy atom. The molecular weight excluding hydrogens is 682 g/mol.